The average Bonchev–Trinajstić information content (AvgIpc) is 3.06. The molecule has 0 amide bonds. The Morgan fingerprint density at radius 2 is 2.20 bits per heavy atom. The van der Waals surface area contributed by atoms with Gasteiger partial charge in [0.1, 0.15) is 0 Å². The predicted octanol–water partition coefficient (Wildman–Crippen LogP) is 2.90. The lowest BCUT2D eigenvalue weighted by Crippen LogP contribution is -2.44. The molecule has 0 aromatic heterocycles. The van der Waals surface area contributed by atoms with Crippen LogP contribution in [0.15, 0.2) is 10.3 Å². The third kappa shape index (κ3) is 2.13. The fraction of sp³-hybridized carbons (Fsp3) is 0.800. The molecular formula is C15H22N2O3. The van der Waals surface area contributed by atoms with Crippen LogP contribution in [-0.2, 0) is 14.5 Å². The largest absolute Gasteiger partial charge is 0.381 e. The highest BCUT2D eigenvalue weighted by molar-refractivity contribution is 5.97. The van der Waals surface area contributed by atoms with Crippen molar-refractivity contribution < 1.29 is 14.5 Å². The fourth-order valence-corrected chi connectivity index (χ4v) is 3.23. The number of carbonyl (C=O) groups excluding carboxylic acids is 1. The van der Waals surface area contributed by atoms with Gasteiger partial charge in [-0.3, -0.25) is 0 Å². The zero-order valence-corrected chi connectivity index (χ0v) is 12.4. The summed E-state index contributed by atoms with van der Waals surface area (Å²) in [5, 5.41) is 8.15. The normalized spacial score (nSPS) is 32.9. The molecular weight excluding hydrogens is 256 g/mol. The van der Waals surface area contributed by atoms with Crippen LogP contribution in [0.1, 0.15) is 52.9 Å². The van der Waals surface area contributed by atoms with Gasteiger partial charge in [0.25, 0.3) is 0 Å². The molecule has 110 valence electrons. The molecule has 1 heterocycles. The standard InChI is InChI=1S/C15H22N2O3/c1-9(2)13-12-5-4-8-15(12,20-17-13)14(18)19-16-10(3)11-6-7-11/h9,11-12H,4-8H2,1-3H3/b16-10+. The SMILES string of the molecule is C/C(=N\OC(=O)C12CCCC1C(C(C)C)=NO2)C1CC1. The number of rotatable bonds is 4. The van der Waals surface area contributed by atoms with Gasteiger partial charge in [0.05, 0.1) is 17.3 Å². The molecule has 2 aliphatic carbocycles. The summed E-state index contributed by atoms with van der Waals surface area (Å²) in [4.78, 5) is 23.2. The number of carbonyl (C=O) groups is 1. The Balaban J connectivity index is 1.72. The van der Waals surface area contributed by atoms with Crippen LogP contribution in [-0.4, -0.2) is 23.0 Å². The molecule has 0 saturated heterocycles. The van der Waals surface area contributed by atoms with Crippen LogP contribution < -0.4 is 0 Å². The van der Waals surface area contributed by atoms with Gasteiger partial charge in [-0.15, -0.1) is 0 Å². The van der Waals surface area contributed by atoms with E-state index in [4.69, 9.17) is 9.68 Å². The monoisotopic (exact) mass is 278 g/mol. The molecule has 0 aromatic rings. The molecule has 0 spiro atoms. The van der Waals surface area contributed by atoms with Crippen LogP contribution in [0, 0.1) is 17.8 Å². The highest BCUT2D eigenvalue weighted by Gasteiger charge is 2.59. The van der Waals surface area contributed by atoms with E-state index in [1.807, 2.05) is 6.92 Å². The summed E-state index contributed by atoms with van der Waals surface area (Å²) in [6.07, 6.45) is 4.89. The molecule has 5 heteroatoms. The van der Waals surface area contributed by atoms with Gasteiger partial charge >= 0.3 is 5.97 Å². The quantitative estimate of drug-likeness (QED) is 0.451. The van der Waals surface area contributed by atoms with E-state index in [2.05, 4.69) is 24.2 Å². The number of hydrogen-bond acceptors (Lipinski definition) is 5. The van der Waals surface area contributed by atoms with E-state index < -0.39 is 5.60 Å². The van der Waals surface area contributed by atoms with Crippen LogP contribution in [0.2, 0.25) is 0 Å². The van der Waals surface area contributed by atoms with E-state index in [0.29, 0.717) is 18.3 Å². The molecule has 0 N–H and O–H groups in total. The second-order valence-electron chi connectivity index (χ2n) is 6.48. The van der Waals surface area contributed by atoms with Gasteiger partial charge in [-0.05, 0) is 38.5 Å². The van der Waals surface area contributed by atoms with Crippen LogP contribution >= 0.6 is 0 Å². The summed E-state index contributed by atoms with van der Waals surface area (Å²) >= 11 is 0. The Bertz CT molecular complexity index is 480. The molecule has 2 saturated carbocycles. The van der Waals surface area contributed by atoms with E-state index in [1.165, 1.54) is 0 Å². The smallest absolute Gasteiger partial charge is 0.376 e. The Labute approximate surface area is 119 Å². The van der Waals surface area contributed by atoms with E-state index >= 15 is 0 Å². The van der Waals surface area contributed by atoms with Gasteiger partial charge in [0.2, 0.25) is 5.60 Å². The van der Waals surface area contributed by atoms with Crippen molar-refractivity contribution in [1.29, 1.82) is 0 Å². The molecule has 2 atom stereocenters. The summed E-state index contributed by atoms with van der Waals surface area (Å²) in [6.45, 7) is 6.08. The molecule has 2 fully saturated rings. The minimum atomic E-state index is -0.910. The van der Waals surface area contributed by atoms with Crippen molar-refractivity contribution in [1.82, 2.24) is 0 Å². The van der Waals surface area contributed by atoms with Gasteiger partial charge in [0.15, 0.2) is 0 Å². The molecule has 2 unspecified atom stereocenters. The lowest BCUT2D eigenvalue weighted by molar-refractivity contribution is -0.172. The van der Waals surface area contributed by atoms with Gasteiger partial charge in [-0.25, -0.2) is 4.79 Å². The van der Waals surface area contributed by atoms with E-state index in [-0.39, 0.29) is 11.9 Å². The Hall–Kier alpha value is -1.39. The van der Waals surface area contributed by atoms with Gasteiger partial charge < -0.3 is 9.68 Å². The number of fused-ring (bicyclic) bond motifs is 1. The first-order valence-corrected chi connectivity index (χ1v) is 7.56. The second-order valence-corrected chi connectivity index (χ2v) is 6.48. The molecule has 0 bridgehead atoms. The number of oxime groups is 2. The predicted molar refractivity (Wildman–Crippen MR) is 75.4 cm³/mol. The molecule has 5 nitrogen and oxygen atoms in total. The first-order chi connectivity index (χ1) is 9.54. The first kappa shape index (κ1) is 13.6. The van der Waals surface area contributed by atoms with Gasteiger partial charge in [0, 0.05) is 12.3 Å². The molecule has 3 aliphatic rings. The second kappa shape index (κ2) is 4.86. The van der Waals surface area contributed by atoms with Crippen LogP contribution in [0.3, 0.4) is 0 Å². The van der Waals surface area contributed by atoms with Crippen molar-refractivity contribution in [3.05, 3.63) is 0 Å². The van der Waals surface area contributed by atoms with Crippen LogP contribution in [0.25, 0.3) is 0 Å². The summed E-state index contributed by atoms with van der Waals surface area (Å²) in [6, 6.07) is 0. The summed E-state index contributed by atoms with van der Waals surface area (Å²) in [5.74, 6) is 0.488. The van der Waals surface area contributed by atoms with E-state index in [1.54, 1.807) is 0 Å². The first-order valence-electron chi connectivity index (χ1n) is 7.56. The zero-order valence-electron chi connectivity index (χ0n) is 12.4. The molecule has 3 rings (SSSR count). The summed E-state index contributed by atoms with van der Waals surface area (Å²) < 4.78 is 0. The lowest BCUT2D eigenvalue weighted by atomic mass is 9.83. The fourth-order valence-electron chi connectivity index (χ4n) is 3.23. The Morgan fingerprint density at radius 3 is 2.85 bits per heavy atom. The average molecular weight is 278 g/mol. The zero-order chi connectivity index (χ0) is 14.3. The Morgan fingerprint density at radius 1 is 1.45 bits per heavy atom. The number of hydrogen-bond donors (Lipinski definition) is 0. The van der Waals surface area contributed by atoms with Crippen molar-refractivity contribution in [3.63, 3.8) is 0 Å². The van der Waals surface area contributed by atoms with Crippen molar-refractivity contribution >= 4 is 17.4 Å². The molecule has 20 heavy (non-hydrogen) atoms. The highest BCUT2D eigenvalue weighted by atomic mass is 16.7. The Kier molecular flexibility index (Phi) is 3.30. The third-order valence-electron chi connectivity index (χ3n) is 4.65. The number of nitrogens with zero attached hydrogens (tertiary/aromatic N) is 2. The minimum absolute atomic E-state index is 0.0615. The van der Waals surface area contributed by atoms with Crippen LogP contribution in [0.5, 0.6) is 0 Å². The molecule has 1 aliphatic heterocycles. The lowest BCUT2D eigenvalue weighted by Gasteiger charge is -2.23. The molecule has 0 aromatic carbocycles. The maximum atomic E-state index is 12.4. The van der Waals surface area contributed by atoms with Crippen molar-refractivity contribution in [2.75, 3.05) is 0 Å². The maximum Gasteiger partial charge on any atom is 0.381 e. The molecule has 0 radical (unpaired) electrons. The summed E-state index contributed by atoms with van der Waals surface area (Å²) in [5.41, 5.74) is 0.988. The summed E-state index contributed by atoms with van der Waals surface area (Å²) in [7, 11) is 0. The topological polar surface area (TPSA) is 60.2 Å². The minimum Gasteiger partial charge on any atom is -0.376 e. The van der Waals surface area contributed by atoms with Gasteiger partial charge in [-0.1, -0.05) is 24.2 Å². The van der Waals surface area contributed by atoms with Crippen molar-refractivity contribution in [3.8, 4) is 0 Å². The maximum absolute atomic E-state index is 12.4. The third-order valence-corrected chi connectivity index (χ3v) is 4.65. The van der Waals surface area contributed by atoms with E-state index in [0.717, 1.165) is 37.1 Å². The van der Waals surface area contributed by atoms with Gasteiger partial charge in [-0.2, -0.15) is 0 Å². The van der Waals surface area contributed by atoms with Crippen molar-refractivity contribution in [2.45, 2.75) is 58.5 Å². The van der Waals surface area contributed by atoms with Crippen LogP contribution in [0.4, 0.5) is 0 Å². The van der Waals surface area contributed by atoms with E-state index in [9.17, 15) is 4.79 Å². The highest BCUT2D eigenvalue weighted by Crippen LogP contribution is 2.46. The van der Waals surface area contributed by atoms with Crippen molar-refractivity contribution in [2.24, 2.45) is 28.1 Å².